The van der Waals surface area contributed by atoms with Crippen LogP contribution in [0.1, 0.15) is 68.5 Å². The molecule has 10 rings (SSSR count). The number of nitrogens with zero attached hydrogens (tertiary/aromatic N) is 4. The second kappa shape index (κ2) is 23.4. The number of hydrogen-bond acceptors (Lipinski definition) is 16. The molecule has 79 heavy (non-hydrogen) atoms. The molecular formula is C59H43N4O13P3. The van der Waals surface area contributed by atoms with Gasteiger partial charge in [-0.15, -0.1) is 0 Å². The van der Waals surface area contributed by atoms with Gasteiger partial charge in [-0.05, 0) is 157 Å². The monoisotopic (exact) mass is 1110 g/mol. The van der Waals surface area contributed by atoms with Gasteiger partial charge in [-0.25, -0.2) is 0 Å². The van der Waals surface area contributed by atoms with Gasteiger partial charge < -0.3 is 27.1 Å². The Kier molecular flexibility index (Phi) is 15.7. The predicted molar refractivity (Wildman–Crippen MR) is 298 cm³/mol. The molecule has 0 radical (unpaired) electrons. The van der Waals surface area contributed by atoms with E-state index in [-0.39, 0.29) is 47.5 Å². The summed E-state index contributed by atoms with van der Waals surface area (Å²) < 4.78 is 56.5. The first-order chi connectivity index (χ1) is 38.5. The van der Waals surface area contributed by atoms with Crippen molar-refractivity contribution >= 4 is 77.4 Å². The van der Waals surface area contributed by atoms with Crippen molar-refractivity contribution in [1.82, 2.24) is 4.90 Å². The lowest BCUT2D eigenvalue weighted by Crippen LogP contribution is -2.33. The number of amides is 2. The Morgan fingerprint density at radius 1 is 0.329 bits per heavy atom. The number of carbonyl (C=O) groups excluding carboxylic acids is 7. The summed E-state index contributed by atoms with van der Waals surface area (Å²) in [6.45, 7) is 0.0419. The van der Waals surface area contributed by atoms with E-state index in [1.54, 1.807) is 48.5 Å². The normalized spacial score (nSPS) is 16.0. The molecule has 0 aromatic heterocycles. The van der Waals surface area contributed by atoms with E-state index >= 15 is 0 Å². The zero-order valence-corrected chi connectivity index (χ0v) is 44.1. The fourth-order valence-electron chi connectivity index (χ4n) is 8.10. The molecule has 0 spiro atoms. The minimum atomic E-state index is -4.51. The topological polar surface area (TPSA) is 215 Å². The molecular weight excluding hydrogens is 1070 g/mol. The molecule has 0 N–H and O–H groups in total. The highest BCUT2D eigenvalue weighted by atomic mass is 31.3. The van der Waals surface area contributed by atoms with Gasteiger partial charge in [0.1, 0.15) is 65.9 Å². The maximum atomic E-state index is 14.2. The van der Waals surface area contributed by atoms with Gasteiger partial charge in [-0.1, -0.05) is 86.3 Å². The third-order valence-corrected chi connectivity index (χ3v) is 20.1. The molecule has 1 atom stereocenters. The van der Waals surface area contributed by atoms with Gasteiger partial charge in [0.15, 0.2) is 0 Å². The van der Waals surface area contributed by atoms with Crippen molar-refractivity contribution in [3.63, 3.8) is 0 Å². The molecule has 2 aliphatic rings. The minimum absolute atomic E-state index is 0.0419. The number of rotatable bonds is 22. The van der Waals surface area contributed by atoms with Gasteiger partial charge in [0.2, 0.25) is 0 Å². The standard InChI is InChI=1S/C59H43N4O13P3/c64-37-43-13-25-51(26-14-43)72-77(71-50-23-11-42(12-24-50)35-36-63-58(69)56(48-7-3-1-4-8-48)57(59(63)70)49-9-5-2-6-10-49)60-78(73-52-27-15-44(38-65)16-28-52,74-53-29-17-45(39-66)18-30-53)62-79(61-77,75-54-31-19-46(40-67)20-32-54)76-55-33-21-47(41-68)22-34-55/h1-34,37-41H,35-36H2. The van der Waals surface area contributed by atoms with Crippen LogP contribution in [-0.2, 0) is 16.0 Å². The Morgan fingerprint density at radius 2 is 0.570 bits per heavy atom. The average molecular weight is 1110 g/mol. The Bertz CT molecular complexity index is 3530. The summed E-state index contributed by atoms with van der Waals surface area (Å²) in [6, 6.07) is 55.0. The summed E-state index contributed by atoms with van der Waals surface area (Å²) in [4.78, 5) is 88.8. The van der Waals surface area contributed by atoms with E-state index in [0.717, 1.165) is 0 Å². The van der Waals surface area contributed by atoms with Crippen molar-refractivity contribution in [3.8, 4) is 34.5 Å². The molecule has 2 amide bonds. The summed E-state index contributed by atoms with van der Waals surface area (Å²) in [5, 5.41) is 0. The van der Waals surface area contributed by atoms with Crippen LogP contribution in [0, 0.1) is 0 Å². The minimum Gasteiger partial charge on any atom is -0.413 e. The second-order valence-corrected chi connectivity index (χ2v) is 23.5. The highest BCUT2D eigenvalue weighted by Crippen LogP contribution is 2.78. The first kappa shape index (κ1) is 52.9. The van der Waals surface area contributed by atoms with E-state index in [0.29, 0.717) is 87.1 Å². The van der Waals surface area contributed by atoms with Crippen molar-refractivity contribution in [3.05, 3.63) is 251 Å². The van der Waals surface area contributed by atoms with Gasteiger partial charge in [0, 0.05) is 34.4 Å². The van der Waals surface area contributed by atoms with Crippen molar-refractivity contribution in [2.75, 3.05) is 6.54 Å². The molecule has 0 saturated heterocycles. The van der Waals surface area contributed by atoms with Gasteiger partial charge >= 0.3 is 23.0 Å². The smallest absolute Gasteiger partial charge is 0.413 e. The lowest BCUT2D eigenvalue weighted by molar-refractivity contribution is -0.135. The van der Waals surface area contributed by atoms with Crippen LogP contribution in [0.3, 0.4) is 0 Å². The van der Waals surface area contributed by atoms with Gasteiger partial charge in [-0.2, -0.15) is 0 Å². The third kappa shape index (κ3) is 12.2. The fourth-order valence-corrected chi connectivity index (χ4v) is 17.2. The number of imide groups is 1. The van der Waals surface area contributed by atoms with E-state index in [1.807, 2.05) is 36.4 Å². The summed E-state index contributed by atoms with van der Waals surface area (Å²) in [5.41, 5.74) is 4.19. The van der Waals surface area contributed by atoms with Crippen molar-refractivity contribution < 1.29 is 60.7 Å². The number of benzene rings is 8. The molecule has 8 aromatic rings. The molecule has 2 aliphatic heterocycles. The largest absolute Gasteiger partial charge is 0.460 e. The van der Waals surface area contributed by atoms with Crippen LogP contribution in [-0.4, -0.2) is 54.7 Å². The van der Waals surface area contributed by atoms with E-state index in [4.69, 9.17) is 40.7 Å². The van der Waals surface area contributed by atoms with E-state index in [9.17, 15) is 33.6 Å². The third-order valence-electron chi connectivity index (χ3n) is 11.9. The number of carbonyl (C=O) groups is 7. The first-order valence-electron chi connectivity index (χ1n) is 24.2. The quantitative estimate of drug-likeness (QED) is 0.0351. The van der Waals surface area contributed by atoms with Gasteiger partial charge in [0.25, 0.3) is 11.8 Å². The summed E-state index contributed by atoms with van der Waals surface area (Å²) in [7, 11) is -13.5. The zero-order valence-electron chi connectivity index (χ0n) is 41.4. The predicted octanol–water partition coefficient (Wildman–Crippen LogP) is 13.9. The number of aldehydes is 5. The molecule has 0 fully saturated rings. The van der Waals surface area contributed by atoms with Crippen molar-refractivity contribution in [2.24, 2.45) is 13.5 Å². The fraction of sp³-hybridized carbons (Fsp3) is 0.0339. The van der Waals surface area contributed by atoms with Crippen LogP contribution in [0.2, 0.25) is 0 Å². The summed E-state index contributed by atoms with van der Waals surface area (Å²) >= 11 is 0. The summed E-state index contributed by atoms with van der Waals surface area (Å²) in [5.74, 6) is -0.165. The van der Waals surface area contributed by atoms with Crippen LogP contribution in [0.5, 0.6) is 34.5 Å². The maximum absolute atomic E-state index is 14.2. The maximum Gasteiger partial charge on any atom is 0.460 e. The van der Waals surface area contributed by atoms with Crippen LogP contribution in [0.15, 0.2) is 220 Å². The Morgan fingerprint density at radius 3 is 0.810 bits per heavy atom. The van der Waals surface area contributed by atoms with Gasteiger partial charge in [-0.3, -0.25) is 38.5 Å². The average Bonchev–Trinajstić information content (AvgIpc) is 3.94. The van der Waals surface area contributed by atoms with E-state index in [1.165, 1.54) is 126 Å². The molecule has 0 aliphatic carbocycles. The number of hydrogen-bond donors (Lipinski definition) is 0. The molecule has 2 heterocycles. The zero-order chi connectivity index (χ0) is 54.8. The Balaban J connectivity index is 1.12. The highest BCUT2D eigenvalue weighted by Gasteiger charge is 2.49. The molecule has 0 saturated carbocycles. The Labute approximate surface area is 452 Å². The van der Waals surface area contributed by atoms with Crippen molar-refractivity contribution in [1.29, 1.82) is 0 Å². The molecule has 8 aromatic carbocycles. The SMILES string of the molecule is O=Cc1ccc(OP2(Oc3ccc(C=O)cc3)=NP(Oc3ccc(C=O)cc3)(Oc3ccc(C=O)cc3)=NP(Oc3ccc(C=O)cc3)(Oc3ccc(CCN4C(=O)C(c5ccccc5)=C(c5ccccc5)C4=O)cc3)=N2)cc1. The van der Waals surface area contributed by atoms with Crippen LogP contribution in [0.25, 0.3) is 11.1 Å². The van der Waals surface area contributed by atoms with Gasteiger partial charge in [0.05, 0.1) is 11.1 Å². The first-order valence-corrected chi connectivity index (χ1v) is 28.8. The second-order valence-electron chi connectivity index (χ2n) is 17.4. The van der Waals surface area contributed by atoms with Crippen LogP contribution >= 0.6 is 23.0 Å². The summed E-state index contributed by atoms with van der Waals surface area (Å²) in [6.07, 6.45) is 3.53. The molecule has 0 bridgehead atoms. The van der Waals surface area contributed by atoms with Crippen LogP contribution < -0.4 is 27.1 Å². The van der Waals surface area contributed by atoms with E-state index < -0.39 is 34.8 Å². The van der Waals surface area contributed by atoms with E-state index in [2.05, 4.69) is 0 Å². The van der Waals surface area contributed by atoms with Crippen LogP contribution in [0.4, 0.5) is 0 Å². The lowest BCUT2D eigenvalue weighted by atomic mass is 9.96. The molecule has 392 valence electrons. The highest BCUT2D eigenvalue weighted by molar-refractivity contribution is 7.79. The molecule has 1 unspecified atom stereocenters. The molecule has 20 heteroatoms. The Hall–Kier alpha value is -9.52. The lowest BCUT2D eigenvalue weighted by Gasteiger charge is -2.33. The van der Waals surface area contributed by atoms with Crippen molar-refractivity contribution in [2.45, 2.75) is 6.42 Å². The molecule has 17 nitrogen and oxygen atoms in total.